The lowest BCUT2D eigenvalue weighted by Gasteiger charge is -2.09. The zero-order valence-corrected chi connectivity index (χ0v) is 16.5. The number of hydrogen-bond acceptors (Lipinski definition) is 3. The van der Waals surface area contributed by atoms with E-state index in [0.29, 0.717) is 22.7 Å². The molecule has 1 aliphatic carbocycles. The predicted octanol–water partition coefficient (Wildman–Crippen LogP) is 4.43. The highest BCUT2D eigenvalue weighted by Crippen LogP contribution is 2.39. The van der Waals surface area contributed by atoms with Crippen molar-refractivity contribution in [1.29, 1.82) is 0 Å². The monoisotopic (exact) mass is 407 g/mol. The van der Waals surface area contributed by atoms with E-state index in [1.165, 1.54) is 5.56 Å². The lowest BCUT2D eigenvalue weighted by Crippen LogP contribution is -2.14. The first kappa shape index (κ1) is 20.6. The largest absolute Gasteiger partial charge is 0.327 e. The van der Waals surface area contributed by atoms with Gasteiger partial charge in [0.15, 0.2) is 0 Å². The molecule has 1 saturated carbocycles. The number of halogens is 1. The van der Waals surface area contributed by atoms with Gasteiger partial charge in [-0.1, -0.05) is 36.4 Å². The highest BCUT2D eigenvalue weighted by Gasteiger charge is 2.34. The van der Waals surface area contributed by atoms with Gasteiger partial charge >= 0.3 is 0 Å². The van der Waals surface area contributed by atoms with Crippen LogP contribution in [-0.2, 0) is 0 Å². The maximum absolute atomic E-state index is 12.6. The Hall–Kier alpha value is -3.15. The molecule has 1 aliphatic rings. The van der Waals surface area contributed by atoms with Crippen molar-refractivity contribution in [2.75, 3.05) is 10.6 Å². The molecule has 2 amide bonds. The topological polar surface area (TPSA) is 84.2 Å². The molecule has 3 aromatic carbocycles. The van der Waals surface area contributed by atoms with Gasteiger partial charge in [0.1, 0.15) is 0 Å². The molecule has 3 aromatic rings. The van der Waals surface area contributed by atoms with E-state index in [-0.39, 0.29) is 30.3 Å². The number of benzene rings is 3. The molecule has 5 nitrogen and oxygen atoms in total. The molecule has 0 aliphatic heterocycles. The first-order valence-corrected chi connectivity index (χ1v) is 9.23. The number of nitrogens with one attached hydrogen (secondary N) is 2. The molecule has 0 heterocycles. The Morgan fingerprint density at radius 1 is 0.759 bits per heavy atom. The molecule has 1 fully saturated rings. The van der Waals surface area contributed by atoms with E-state index >= 15 is 0 Å². The fourth-order valence-corrected chi connectivity index (χ4v) is 3.15. The second-order valence-electron chi connectivity index (χ2n) is 6.98. The van der Waals surface area contributed by atoms with Crippen LogP contribution in [0, 0.1) is 0 Å². The third-order valence-electron chi connectivity index (χ3n) is 4.86. The lowest BCUT2D eigenvalue weighted by molar-refractivity contribution is 0.101. The van der Waals surface area contributed by atoms with E-state index in [9.17, 15) is 9.59 Å². The number of amides is 2. The van der Waals surface area contributed by atoms with E-state index in [4.69, 9.17) is 5.73 Å². The Morgan fingerprint density at radius 3 is 2.00 bits per heavy atom. The van der Waals surface area contributed by atoms with Crippen molar-refractivity contribution in [3.05, 3.63) is 95.6 Å². The summed E-state index contributed by atoms with van der Waals surface area (Å²) in [4.78, 5) is 24.8. The highest BCUT2D eigenvalue weighted by molar-refractivity contribution is 6.07. The molecule has 0 bridgehead atoms. The summed E-state index contributed by atoms with van der Waals surface area (Å²) in [7, 11) is 0. The van der Waals surface area contributed by atoms with Crippen molar-refractivity contribution >= 4 is 35.6 Å². The highest BCUT2D eigenvalue weighted by atomic mass is 35.5. The van der Waals surface area contributed by atoms with Crippen molar-refractivity contribution in [3.63, 3.8) is 0 Å². The zero-order chi connectivity index (χ0) is 19.5. The Bertz CT molecular complexity index is 1010. The van der Waals surface area contributed by atoms with E-state index in [2.05, 4.69) is 10.6 Å². The minimum absolute atomic E-state index is 0. The second-order valence-corrected chi connectivity index (χ2v) is 6.98. The standard InChI is InChI=1S/C23H21N3O2.ClH/c24-21-14-20(21)15-9-11-18(12-10-15)25-23(28)17-7-4-8-19(13-17)26-22(27)16-5-2-1-3-6-16;/h1-13,20-21H,14,24H2,(H,25,28)(H,26,27);1H/t20-,21+;/m0./s1. The molecule has 0 radical (unpaired) electrons. The van der Waals surface area contributed by atoms with Crippen LogP contribution in [0.25, 0.3) is 0 Å². The number of carbonyl (C=O) groups excluding carboxylic acids is 2. The predicted molar refractivity (Wildman–Crippen MR) is 118 cm³/mol. The third-order valence-corrected chi connectivity index (χ3v) is 4.86. The first-order valence-electron chi connectivity index (χ1n) is 9.23. The van der Waals surface area contributed by atoms with Gasteiger partial charge in [0.2, 0.25) is 0 Å². The van der Waals surface area contributed by atoms with Crippen LogP contribution in [0.5, 0.6) is 0 Å². The van der Waals surface area contributed by atoms with Gasteiger partial charge in [-0.15, -0.1) is 12.4 Å². The van der Waals surface area contributed by atoms with Crippen molar-refractivity contribution in [3.8, 4) is 0 Å². The van der Waals surface area contributed by atoms with Crippen molar-refractivity contribution in [2.45, 2.75) is 18.4 Å². The van der Waals surface area contributed by atoms with Gasteiger partial charge in [0.05, 0.1) is 0 Å². The summed E-state index contributed by atoms with van der Waals surface area (Å²) in [6.45, 7) is 0. The normalized spacial score (nSPS) is 17.0. The SMILES string of the molecule is Cl.N[C@@H]1C[C@H]1c1ccc(NC(=O)c2cccc(NC(=O)c3ccccc3)c2)cc1. The Balaban J connectivity index is 0.00000240. The van der Waals surface area contributed by atoms with Crippen LogP contribution < -0.4 is 16.4 Å². The number of carbonyl (C=O) groups is 2. The number of anilines is 2. The molecular formula is C23H22ClN3O2. The van der Waals surface area contributed by atoms with Gasteiger partial charge in [0, 0.05) is 34.5 Å². The Kier molecular flexibility index (Phi) is 6.32. The fraction of sp³-hybridized carbons (Fsp3) is 0.130. The Morgan fingerprint density at radius 2 is 1.34 bits per heavy atom. The van der Waals surface area contributed by atoms with E-state index < -0.39 is 0 Å². The van der Waals surface area contributed by atoms with Crippen LogP contribution in [0.3, 0.4) is 0 Å². The molecule has 0 saturated heterocycles. The van der Waals surface area contributed by atoms with Crippen LogP contribution in [0.4, 0.5) is 11.4 Å². The quantitative estimate of drug-likeness (QED) is 0.585. The second kappa shape index (κ2) is 8.90. The molecule has 0 spiro atoms. The molecule has 4 N–H and O–H groups in total. The number of rotatable bonds is 5. The minimum atomic E-state index is -0.230. The molecule has 0 aromatic heterocycles. The molecule has 4 rings (SSSR count). The van der Waals surface area contributed by atoms with Gasteiger partial charge in [-0.25, -0.2) is 0 Å². The van der Waals surface area contributed by atoms with Gasteiger partial charge in [-0.2, -0.15) is 0 Å². The van der Waals surface area contributed by atoms with Crippen molar-refractivity contribution < 1.29 is 9.59 Å². The smallest absolute Gasteiger partial charge is 0.255 e. The van der Waals surface area contributed by atoms with Gasteiger partial charge in [-0.05, 0) is 54.4 Å². The molecule has 6 heteroatoms. The third kappa shape index (κ3) is 5.02. The summed E-state index contributed by atoms with van der Waals surface area (Å²) < 4.78 is 0. The molecule has 29 heavy (non-hydrogen) atoms. The summed E-state index contributed by atoms with van der Waals surface area (Å²) in [5.74, 6) is -0.00614. The van der Waals surface area contributed by atoms with E-state index in [1.54, 1.807) is 48.5 Å². The lowest BCUT2D eigenvalue weighted by atomic mass is 10.1. The van der Waals surface area contributed by atoms with Gasteiger partial charge in [0.25, 0.3) is 11.8 Å². The average Bonchev–Trinajstić information content (AvgIpc) is 3.46. The minimum Gasteiger partial charge on any atom is -0.327 e. The zero-order valence-electron chi connectivity index (χ0n) is 15.7. The number of hydrogen-bond donors (Lipinski definition) is 3. The maximum atomic E-state index is 12.6. The van der Waals surface area contributed by atoms with Crippen LogP contribution in [-0.4, -0.2) is 17.9 Å². The maximum Gasteiger partial charge on any atom is 0.255 e. The van der Waals surface area contributed by atoms with Gasteiger partial charge in [-0.3, -0.25) is 9.59 Å². The van der Waals surface area contributed by atoms with Crippen molar-refractivity contribution in [1.82, 2.24) is 0 Å². The average molecular weight is 408 g/mol. The summed E-state index contributed by atoms with van der Waals surface area (Å²) >= 11 is 0. The molecule has 0 unspecified atom stereocenters. The molecule has 148 valence electrons. The summed E-state index contributed by atoms with van der Waals surface area (Å²) in [6, 6.07) is 23.9. The fourth-order valence-electron chi connectivity index (χ4n) is 3.15. The van der Waals surface area contributed by atoms with Crippen LogP contribution >= 0.6 is 12.4 Å². The van der Waals surface area contributed by atoms with Gasteiger partial charge < -0.3 is 16.4 Å². The summed E-state index contributed by atoms with van der Waals surface area (Å²) in [5.41, 5.74) is 9.41. The Labute approximate surface area is 175 Å². The van der Waals surface area contributed by atoms with E-state index in [0.717, 1.165) is 12.1 Å². The summed E-state index contributed by atoms with van der Waals surface area (Å²) in [6.07, 6.45) is 1.02. The van der Waals surface area contributed by atoms with Crippen LogP contribution in [0.1, 0.15) is 38.6 Å². The number of nitrogens with two attached hydrogens (primary N) is 1. The van der Waals surface area contributed by atoms with E-state index in [1.807, 2.05) is 30.3 Å². The van der Waals surface area contributed by atoms with Crippen molar-refractivity contribution in [2.24, 2.45) is 5.73 Å². The molecule has 2 atom stereocenters. The van der Waals surface area contributed by atoms with Crippen LogP contribution in [0.15, 0.2) is 78.9 Å². The first-order chi connectivity index (χ1) is 13.6. The van der Waals surface area contributed by atoms with Crippen LogP contribution in [0.2, 0.25) is 0 Å². The summed E-state index contributed by atoms with van der Waals surface area (Å²) in [5, 5.41) is 5.70. The molecular weight excluding hydrogens is 386 g/mol.